The molecule has 10 nitrogen and oxygen atoms in total. The molecule has 2 aliphatic rings. The standard InChI is InChI=1S/C19H26N8O2S/c1-13-18(14(2)21-20-13)30(28,29)26-11-7-15(8-12-26)19-23-22-16-5-6-17(24-27(16)19)25-9-3-4-10-25/h5-6,15H,3-4,7-12H2,1-2H3,(H,20,21). The van der Waals surface area contributed by atoms with Gasteiger partial charge in [-0.05, 0) is 51.7 Å². The molecule has 0 atom stereocenters. The van der Waals surface area contributed by atoms with E-state index in [1.807, 2.05) is 16.6 Å². The number of aromatic nitrogens is 6. The highest BCUT2D eigenvalue weighted by molar-refractivity contribution is 7.89. The summed E-state index contributed by atoms with van der Waals surface area (Å²) >= 11 is 0. The van der Waals surface area contributed by atoms with Crippen molar-refractivity contribution < 1.29 is 8.42 Å². The van der Waals surface area contributed by atoms with Crippen LogP contribution in [0.5, 0.6) is 0 Å². The third-order valence-electron chi connectivity index (χ3n) is 6.18. The molecule has 0 spiro atoms. The first-order valence-corrected chi connectivity index (χ1v) is 11.9. The molecule has 0 aliphatic carbocycles. The molecule has 2 aliphatic heterocycles. The van der Waals surface area contributed by atoms with Crippen LogP contribution in [0.4, 0.5) is 5.82 Å². The number of nitrogens with zero attached hydrogens (tertiary/aromatic N) is 7. The maximum atomic E-state index is 13.1. The maximum Gasteiger partial charge on any atom is 0.246 e. The average Bonchev–Trinajstić information content (AvgIpc) is 3.48. The van der Waals surface area contributed by atoms with Crippen molar-refractivity contribution in [1.82, 2.24) is 34.3 Å². The summed E-state index contributed by atoms with van der Waals surface area (Å²) in [6.07, 6.45) is 3.76. The SMILES string of the molecule is Cc1n[nH]c(C)c1S(=O)(=O)N1CCC(c2nnc3ccc(N4CCCC4)nn23)CC1. The van der Waals surface area contributed by atoms with Gasteiger partial charge in [-0.3, -0.25) is 5.10 Å². The van der Waals surface area contributed by atoms with Gasteiger partial charge in [-0.1, -0.05) is 0 Å². The molecule has 0 aromatic carbocycles. The number of rotatable bonds is 4. The molecule has 3 aromatic rings. The second-order valence-electron chi connectivity index (χ2n) is 8.16. The number of anilines is 1. The van der Waals surface area contributed by atoms with Gasteiger partial charge in [0.2, 0.25) is 10.0 Å². The Hall–Kier alpha value is -2.53. The summed E-state index contributed by atoms with van der Waals surface area (Å²) in [5, 5.41) is 20.3. The van der Waals surface area contributed by atoms with Gasteiger partial charge in [0.15, 0.2) is 11.5 Å². The summed E-state index contributed by atoms with van der Waals surface area (Å²) in [6, 6.07) is 3.96. The van der Waals surface area contributed by atoms with Gasteiger partial charge in [0.25, 0.3) is 0 Å². The van der Waals surface area contributed by atoms with Gasteiger partial charge in [0.05, 0.1) is 11.4 Å². The predicted octanol–water partition coefficient (Wildman–Crippen LogP) is 1.63. The average molecular weight is 431 g/mol. The number of hydrogen-bond donors (Lipinski definition) is 1. The van der Waals surface area contributed by atoms with Crippen LogP contribution in [0.2, 0.25) is 0 Å². The van der Waals surface area contributed by atoms with Crippen LogP contribution in [-0.4, -0.2) is 68.9 Å². The van der Waals surface area contributed by atoms with Gasteiger partial charge in [-0.25, -0.2) is 8.42 Å². The van der Waals surface area contributed by atoms with Crippen LogP contribution in [-0.2, 0) is 10.0 Å². The Morgan fingerprint density at radius 1 is 1.03 bits per heavy atom. The zero-order chi connectivity index (χ0) is 20.9. The van der Waals surface area contributed by atoms with Crippen molar-refractivity contribution in [2.24, 2.45) is 0 Å². The molecule has 0 amide bonds. The van der Waals surface area contributed by atoms with E-state index in [2.05, 4.69) is 25.3 Å². The van der Waals surface area contributed by atoms with Crippen LogP contribution in [0, 0.1) is 13.8 Å². The van der Waals surface area contributed by atoms with Crippen LogP contribution in [0.15, 0.2) is 17.0 Å². The summed E-state index contributed by atoms with van der Waals surface area (Å²) in [4.78, 5) is 2.58. The van der Waals surface area contributed by atoms with E-state index in [-0.39, 0.29) is 5.92 Å². The van der Waals surface area contributed by atoms with Crippen molar-refractivity contribution in [2.45, 2.75) is 50.3 Å². The summed E-state index contributed by atoms with van der Waals surface area (Å²) in [7, 11) is -3.56. The highest BCUT2D eigenvalue weighted by atomic mass is 32.2. The molecule has 11 heteroatoms. The number of H-pyrrole nitrogens is 1. The minimum Gasteiger partial charge on any atom is -0.355 e. The van der Waals surface area contributed by atoms with Crippen LogP contribution in [0.25, 0.3) is 5.65 Å². The number of sulfonamides is 1. The second-order valence-corrected chi connectivity index (χ2v) is 10.0. The van der Waals surface area contributed by atoms with Crippen LogP contribution in [0.1, 0.15) is 48.8 Å². The summed E-state index contributed by atoms with van der Waals surface area (Å²) in [6.45, 7) is 6.40. The zero-order valence-corrected chi connectivity index (χ0v) is 18.1. The van der Waals surface area contributed by atoms with Gasteiger partial charge >= 0.3 is 0 Å². The lowest BCUT2D eigenvalue weighted by molar-refractivity contribution is 0.311. The molecule has 1 N–H and O–H groups in total. The quantitative estimate of drug-likeness (QED) is 0.669. The second kappa shape index (κ2) is 7.31. The highest BCUT2D eigenvalue weighted by Crippen LogP contribution is 2.31. The molecule has 2 fully saturated rings. The first kappa shape index (κ1) is 19.4. The van der Waals surface area contributed by atoms with E-state index < -0.39 is 10.0 Å². The Morgan fingerprint density at radius 2 is 1.77 bits per heavy atom. The van der Waals surface area contributed by atoms with Gasteiger partial charge in [0, 0.05) is 32.1 Å². The van der Waals surface area contributed by atoms with Crippen molar-refractivity contribution in [3.63, 3.8) is 0 Å². The number of nitrogens with one attached hydrogen (secondary N) is 1. The number of fused-ring (bicyclic) bond motifs is 1. The number of piperidine rings is 1. The Morgan fingerprint density at radius 3 is 2.43 bits per heavy atom. The van der Waals surface area contributed by atoms with E-state index in [0.717, 1.165) is 30.4 Å². The number of aryl methyl sites for hydroxylation is 2. The fourth-order valence-electron chi connectivity index (χ4n) is 4.57. The fourth-order valence-corrected chi connectivity index (χ4v) is 6.37. The molecule has 0 saturated carbocycles. The molecular formula is C19H26N8O2S. The lowest BCUT2D eigenvalue weighted by atomic mass is 9.97. The monoisotopic (exact) mass is 430 g/mol. The smallest absolute Gasteiger partial charge is 0.246 e. The third-order valence-corrected chi connectivity index (χ3v) is 8.34. The first-order valence-electron chi connectivity index (χ1n) is 10.4. The minimum atomic E-state index is -3.56. The first-order chi connectivity index (χ1) is 14.4. The van der Waals surface area contributed by atoms with Gasteiger partial charge in [-0.15, -0.1) is 15.3 Å². The zero-order valence-electron chi connectivity index (χ0n) is 17.2. The summed E-state index contributed by atoms with van der Waals surface area (Å²) in [5.74, 6) is 1.89. The number of hydrogen-bond acceptors (Lipinski definition) is 7. The van der Waals surface area contributed by atoms with E-state index in [0.29, 0.717) is 42.2 Å². The van der Waals surface area contributed by atoms with E-state index >= 15 is 0 Å². The highest BCUT2D eigenvalue weighted by Gasteiger charge is 2.34. The van der Waals surface area contributed by atoms with Gasteiger partial charge in [-0.2, -0.15) is 13.9 Å². The van der Waals surface area contributed by atoms with Crippen LogP contribution in [0.3, 0.4) is 0 Å². The molecule has 0 bridgehead atoms. The Balaban J connectivity index is 1.37. The molecule has 3 aromatic heterocycles. The van der Waals surface area contributed by atoms with E-state index in [4.69, 9.17) is 5.10 Å². The van der Waals surface area contributed by atoms with Crippen molar-refractivity contribution in [2.75, 3.05) is 31.1 Å². The van der Waals surface area contributed by atoms with Crippen molar-refractivity contribution >= 4 is 21.5 Å². The molecule has 5 rings (SSSR count). The van der Waals surface area contributed by atoms with E-state index in [1.165, 1.54) is 12.8 Å². The fraction of sp³-hybridized carbons (Fsp3) is 0.579. The van der Waals surface area contributed by atoms with Crippen LogP contribution < -0.4 is 4.90 Å². The molecule has 160 valence electrons. The largest absolute Gasteiger partial charge is 0.355 e. The maximum absolute atomic E-state index is 13.1. The summed E-state index contributed by atoms with van der Waals surface area (Å²) < 4.78 is 29.6. The van der Waals surface area contributed by atoms with Crippen molar-refractivity contribution in [3.05, 3.63) is 29.3 Å². The minimum absolute atomic E-state index is 0.124. The molecule has 0 unspecified atom stereocenters. The predicted molar refractivity (Wildman–Crippen MR) is 111 cm³/mol. The van der Waals surface area contributed by atoms with E-state index in [9.17, 15) is 8.42 Å². The normalized spacial score (nSPS) is 19.2. The Bertz CT molecular complexity index is 1150. The molecule has 30 heavy (non-hydrogen) atoms. The van der Waals surface area contributed by atoms with Crippen molar-refractivity contribution in [1.29, 1.82) is 0 Å². The summed E-state index contributed by atoms with van der Waals surface area (Å²) in [5.41, 5.74) is 1.82. The molecule has 0 radical (unpaired) electrons. The third kappa shape index (κ3) is 3.16. The molecule has 2 saturated heterocycles. The topological polar surface area (TPSA) is 112 Å². The molecular weight excluding hydrogens is 404 g/mol. The molecule has 5 heterocycles. The Labute approximate surface area is 175 Å². The van der Waals surface area contributed by atoms with Gasteiger partial charge < -0.3 is 4.90 Å². The van der Waals surface area contributed by atoms with E-state index in [1.54, 1.807) is 18.2 Å². The van der Waals surface area contributed by atoms with Gasteiger partial charge in [0.1, 0.15) is 10.7 Å². The van der Waals surface area contributed by atoms with Crippen molar-refractivity contribution in [3.8, 4) is 0 Å². The lowest BCUT2D eigenvalue weighted by Gasteiger charge is -2.30. The number of aromatic amines is 1. The lowest BCUT2D eigenvalue weighted by Crippen LogP contribution is -2.38. The van der Waals surface area contributed by atoms with Crippen LogP contribution >= 0.6 is 0 Å². The Kier molecular flexibility index (Phi) is 4.73.